The molecule has 3 heteroatoms. The number of allylic oxidation sites excluding steroid dienone is 2. The van der Waals surface area contributed by atoms with E-state index in [1.165, 1.54) is 5.56 Å². The highest BCUT2D eigenvalue weighted by Crippen LogP contribution is 2.24. The lowest BCUT2D eigenvalue weighted by Gasteiger charge is -2.11. The second-order valence-electron chi connectivity index (χ2n) is 6.27. The van der Waals surface area contributed by atoms with Crippen molar-refractivity contribution in [2.45, 2.75) is 12.8 Å². The normalized spacial score (nSPS) is 11.6. The smallest absolute Gasteiger partial charge is 0.221 e. The first-order valence-electron chi connectivity index (χ1n) is 8.91. The van der Waals surface area contributed by atoms with Crippen LogP contribution in [-0.2, 0) is 11.2 Å². The number of rotatable bonds is 7. The Bertz CT molecular complexity index is 944. The lowest BCUT2D eigenvalue weighted by molar-refractivity contribution is -0.117. The van der Waals surface area contributed by atoms with Gasteiger partial charge in [-0.25, -0.2) is 0 Å². The number of amides is 1. The monoisotopic (exact) mass is 354 g/mol. The van der Waals surface area contributed by atoms with Gasteiger partial charge in [-0.2, -0.15) is 0 Å². The fourth-order valence-electron chi connectivity index (χ4n) is 2.91. The molecule has 134 valence electrons. The molecule has 2 N–H and O–H groups in total. The number of hydrogen-bond acceptors (Lipinski definition) is 2. The van der Waals surface area contributed by atoms with Crippen LogP contribution in [0.15, 0.2) is 91.3 Å². The van der Waals surface area contributed by atoms with Crippen LogP contribution in [0.3, 0.4) is 0 Å². The Kier molecular flexibility index (Phi) is 6.31. The number of primary amides is 1. The van der Waals surface area contributed by atoms with E-state index in [0.29, 0.717) is 0 Å². The Hall–Kier alpha value is -3.46. The van der Waals surface area contributed by atoms with Crippen molar-refractivity contribution in [1.82, 2.24) is 4.98 Å². The number of nitrogens with two attached hydrogens (primary N) is 1. The fourth-order valence-corrected chi connectivity index (χ4v) is 2.91. The maximum Gasteiger partial charge on any atom is 0.221 e. The van der Waals surface area contributed by atoms with Gasteiger partial charge in [0.1, 0.15) is 0 Å². The molecule has 0 atom stereocenters. The summed E-state index contributed by atoms with van der Waals surface area (Å²) in [6.45, 7) is 0. The van der Waals surface area contributed by atoms with E-state index in [4.69, 9.17) is 5.73 Å². The van der Waals surface area contributed by atoms with Crippen molar-refractivity contribution < 1.29 is 4.79 Å². The minimum atomic E-state index is -0.342. The van der Waals surface area contributed by atoms with Crippen molar-refractivity contribution in [3.8, 4) is 0 Å². The van der Waals surface area contributed by atoms with Gasteiger partial charge < -0.3 is 5.73 Å². The van der Waals surface area contributed by atoms with Crippen LogP contribution >= 0.6 is 0 Å². The summed E-state index contributed by atoms with van der Waals surface area (Å²) in [5.41, 5.74) is 10.9. The summed E-state index contributed by atoms with van der Waals surface area (Å²) in [5.74, 6) is -0.342. The molecule has 0 aliphatic heterocycles. The van der Waals surface area contributed by atoms with Gasteiger partial charge in [0, 0.05) is 18.8 Å². The van der Waals surface area contributed by atoms with Crippen molar-refractivity contribution in [3.63, 3.8) is 0 Å². The Labute approximate surface area is 159 Å². The van der Waals surface area contributed by atoms with E-state index in [2.05, 4.69) is 23.2 Å². The molecule has 3 nitrogen and oxygen atoms in total. The molecule has 3 aromatic rings. The van der Waals surface area contributed by atoms with Gasteiger partial charge >= 0.3 is 0 Å². The van der Waals surface area contributed by atoms with Gasteiger partial charge in [-0.3, -0.25) is 9.78 Å². The maximum atomic E-state index is 11.3. The lowest BCUT2D eigenvalue weighted by atomic mass is 9.94. The summed E-state index contributed by atoms with van der Waals surface area (Å²) in [7, 11) is 0. The molecule has 0 aliphatic carbocycles. The molecule has 1 heterocycles. The highest BCUT2D eigenvalue weighted by atomic mass is 16.1. The average molecular weight is 354 g/mol. The number of nitrogens with zero attached hydrogens (tertiary/aromatic N) is 1. The third kappa shape index (κ3) is 5.51. The van der Waals surface area contributed by atoms with Crippen molar-refractivity contribution in [2.24, 2.45) is 5.73 Å². The minimum Gasteiger partial charge on any atom is -0.369 e. The molecule has 0 bridgehead atoms. The number of carbonyl (C=O) groups excluding carboxylic acids is 1. The van der Waals surface area contributed by atoms with E-state index in [9.17, 15) is 4.79 Å². The zero-order valence-corrected chi connectivity index (χ0v) is 15.1. The highest BCUT2D eigenvalue weighted by molar-refractivity contribution is 5.84. The Morgan fingerprint density at radius 3 is 2.48 bits per heavy atom. The quantitative estimate of drug-likeness (QED) is 0.628. The van der Waals surface area contributed by atoms with Crippen molar-refractivity contribution in [2.75, 3.05) is 0 Å². The van der Waals surface area contributed by atoms with Crippen molar-refractivity contribution in [1.29, 1.82) is 0 Å². The molecule has 2 aromatic carbocycles. The van der Waals surface area contributed by atoms with Gasteiger partial charge in [0.05, 0.1) is 0 Å². The first kappa shape index (κ1) is 18.3. The molecule has 1 aromatic heterocycles. The first-order valence-corrected chi connectivity index (χ1v) is 8.91. The summed E-state index contributed by atoms with van der Waals surface area (Å²) in [6, 6.07) is 22.3. The molecule has 0 unspecified atom stereocenters. The van der Waals surface area contributed by atoms with Crippen molar-refractivity contribution >= 4 is 17.6 Å². The number of pyridine rings is 1. The van der Waals surface area contributed by atoms with Gasteiger partial charge in [0.25, 0.3) is 0 Å². The van der Waals surface area contributed by atoms with Crippen LogP contribution < -0.4 is 5.73 Å². The summed E-state index contributed by atoms with van der Waals surface area (Å²) in [5, 5.41) is 0. The third-order valence-corrected chi connectivity index (χ3v) is 4.22. The predicted octanol–water partition coefficient (Wildman–Crippen LogP) is 4.64. The van der Waals surface area contributed by atoms with Gasteiger partial charge in [0.2, 0.25) is 5.91 Å². The van der Waals surface area contributed by atoms with Crippen molar-refractivity contribution in [3.05, 3.63) is 114 Å². The molecule has 0 saturated heterocycles. The predicted molar refractivity (Wildman–Crippen MR) is 111 cm³/mol. The second kappa shape index (κ2) is 9.30. The van der Waals surface area contributed by atoms with E-state index < -0.39 is 0 Å². The van der Waals surface area contributed by atoms with E-state index in [-0.39, 0.29) is 12.3 Å². The third-order valence-electron chi connectivity index (χ3n) is 4.22. The molecule has 0 spiro atoms. The Balaban J connectivity index is 1.96. The van der Waals surface area contributed by atoms with Crippen LogP contribution in [0.5, 0.6) is 0 Å². The van der Waals surface area contributed by atoms with Crippen LogP contribution in [0, 0.1) is 0 Å². The summed E-state index contributed by atoms with van der Waals surface area (Å²) in [6.07, 6.45) is 10.6. The standard InChI is InChI=1S/C24H22N2O/c25-24(27)15-14-21(13-12-19-7-2-1-3-8-19)23-11-5-4-10-22(23)17-20-9-6-16-26-18-20/h1-14,16,18H,15,17H2,(H2,25,27). The summed E-state index contributed by atoms with van der Waals surface area (Å²) in [4.78, 5) is 15.5. The van der Waals surface area contributed by atoms with Gasteiger partial charge in [-0.15, -0.1) is 0 Å². The second-order valence-corrected chi connectivity index (χ2v) is 6.27. The van der Waals surface area contributed by atoms with E-state index in [1.807, 2.05) is 73.0 Å². The van der Waals surface area contributed by atoms with Gasteiger partial charge in [0.15, 0.2) is 0 Å². The molecular formula is C24H22N2O. The Morgan fingerprint density at radius 1 is 0.963 bits per heavy atom. The van der Waals surface area contributed by atoms with E-state index >= 15 is 0 Å². The van der Waals surface area contributed by atoms with Crippen LogP contribution in [0.4, 0.5) is 0 Å². The molecule has 3 rings (SSSR count). The number of hydrogen-bond donors (Lipinski definition) is 1. The van der Waals surface area contributed by atoms with Crippen LogP contribution in [-0.4, -0.2) is 10.9 Å². The number of aromatic nitrogens is 1. The lowest BCUT2D eigenvalue weighted by Crippen LogP contribution is -2.08. The first-order chi connectivity index (χ1) is 13.2. The van der Waals surface area contributed by atoms with E-state index in [0.717, 1.165) is 28.7 Å². The fraction of sp³-hybridized carbons (Fsp3) is 0.0833. The summed E-state index contributed by atoms with van der Waals surface area (Å²) < 4.78 is 0. The molecular weight excluding hydrogens is 332 g/mol. The summed E-state index contributed by atoms with van der Waals surface area (Å²) >= 11 is 0. The van der Waals surface area contributed by atoms with Crippen LogP contribution in [0.1, 0.15) is 28.7 Å². The molecule has 0 radical (unpaired) electrons. The minimum absolute atomic E-state index is 0.204. The topological polar surface area (TPSA) is 56.0 Å². The molecule has 0 aliphatic rings. The average Bonchev–Trinajstić information content (AvgIpc) is 2.70. The highest BCUT2D eigenvalue weighted by Gasteiger charge is 2.07. The number of carbonyl (C=O) groups is 1. The number of benzene rings is 2. The van der Waals surface area contributed by atoms with Gasteiger partial charge in [-0.1, -0.05) is 78.9 Å². The molecule has 0 saturated carbocycles. The zero-order valence-electron chi connectivity index (χ0n) is 15.1. The molecule has 27 heavy (non-hydrogen) atoms. The van der Waals surface area contributed by atoms with E-state index in [1.54, 1.807) is 6.20 Å². The molecule has 1 amide bonds. The molecule has 0 fully saturated rings. The Morgan fingerprint density at radius 2 is 1.74 bits per heavy atom. The largest absolute Gasteiger partial charge is 0.369 e. The van der Waals surface area contributed by atoms with Crippen LogP contribution in [0.2, 0.25) is 0 Å². The van der Waals surface area contributed by atoms with Gasteiger partial charge in [-0.05, 0) is 40.3 Å². The SMILES string of the molecule is NC(=O)CC=C(C=Cc1ccccc1)c1ccccc1Cc1cccnc1. The zero-order chi connectivity index (χ0) is 18.9. The maximum absolute atomic E-state index is 11.3. The van der Waals surface area contributed by atoms with Crippen LogP contribution in [0.25, 0.3) is 11.6 Å².